The van der Waals surface area contributed by atoms with E-state index in [1.807, 2.05) is 12.1 Å². The Morgan fingerprint density at radius 1 is 0.971 bits per heavy atom. The van der Waals surface area contributed by atoms with Gasteiger partial charge in [-0.1, -0.05) is 12.1 Å². The second-order valence-electron chi connectivity index (χ2n) is 10.9. The van der Waals surface area contributed by atoms with Crippen LogP contribution in [0.1, 0.15) is 56.9 Å². The van der Waals surface area contributed by atoms with Crippen LogP contribution >= 0.6 is 0 Å². The van der Waals surface area contributed by atoms with Crippen molar-refractivity contribution in [1.82, 2.24) is 0 Å². The SMILES string of the molecule is COc1ccc(S(=O)(=O)Nc2ccc(C34CC5CC(CC(C5)C3)C4)cc2)cc1N1CCCC1=O. The van der Waals surface area contributed by atoms with Crippen molar-refractivity contribution in [3.63, 3.8) is 0 Å². The molecule has 7 heteroatoms. The lowest BCUT2D eigenvalue weighted by atomic mass is 9.48. The first-order valence-corrected chi connectivity index (χ1v) is 14.0. The van der Waals surface area contributed by atoms with Gasteiger partial charge in [0.1, 0.15) is 5.75 Å². The fourth-order valence-electron chi connectivity index (χ4n) is 7.52. The van der Waals surface area contributed by atoms with Crippen molar-refractivity contribution < 1.29 is 17.9 Å². The van der Waals surface area contributed by atoms with Gasteiger partial charge in [0.05, 0.1) is 17.7 Å². The molecule has 5 fully saturated rings. The molecule has 1 aliphatic heterocycles. The Morgan fingerprint density at radius 3 is 2.18 bits per heavy atom. The van der Waals surface area contributed by atoms with E-state index in [1.165, 1.54) is 63.3 Å². The Morgan fingerprint density at radius 2 is 1.62 bits per heavy atom. The number of carbonyl (C=O) groups is 1. The van der Waals surface area contributed by atoms with Gasteiger partial charge in [0.2, 0.25) is 5.91 Å². The highest BCUT2D eigenvalue weighted by atomic mass is 32.2. The molecular formula is C27H32N2O4S. The average molecular weight is 481 g/mol. The first kappa shape index (κ1) is 22.0. The minimum Gasteiger partial charge on any atom is -0.495 e. The van der Waals surface area contributed by atoms with Crippen LogP contribution < -0.4 is 14.4 Å². The highest BCUT2D eigenvalue weighted by molar-refractivity contribution is 7.92. The molecule has 0 unspecified atom stereocenters. The van der Waals surface area contributed by atoms with Crippen LogP contribution in [0.2, 0.25) is 0 Å². The van der Waals surface area contributed by atoms with E-state index in [2.05, 4.69) is 16.9 Å². The van der Waals surface area contributed by atoms with Gasteiger partial charge >= 0.3 is 0 Å². The lowest BCUT2D eigenvalue weighted by Crippen LogP contribution is -2.48. The fourth-order valence-corrected chi connectivity index (χ4v) is 8.60. The zero-order valence-corrected chi connectivity index (χ0v) is 20.4. The van der Waals surface area contributed by atoms with Gasteiger partial charge in [-0.25, -0.2) is 8.42 Å². The monoisotopic (exact) mass is 480 g/mol. The molecule has 34 heavy (non-hydrogen) atoms. The van der Waals surface area contributed by atoms with Gasteiger partial charge in [0.15, 0.2) is 0 Å². The van der Waals surface area contributed by atoms with Crippen molar-refractivity contribution in [3.8, 4) is 5.75 Å². The Bertz CT molecular complexity index is 1190. The van der Waals surface area contributed by atoms with Crippen LogP contribution in [-0.2, 0) is 20.2 Å². The van der Waals surface area contributed by atoms with E-state index >= 15 is 0 Å². The maximum atomic E-state index is 13.2. The van der Waals surface area contributed by atoms with Crippen molar-refractivity contribution in [2.45, 2.75) is 61.7 Å². The zero-order valence-electron chi connectivity index (χ0n) is 19.6. The van der Waals surface area contributed by atoms with Crippen molar-refractivity contribution in [3.05, 3.63) is 48.0 Å². The molecule has 0 spiro atoms. The predicted octanol–water partition coefficient (Wildman–Crippen LogP) is 5.09. The fraction of sp³-hybridized carbons (Fsp3) is 0.519. The summed E-state index contributed by atoms with van der Waals surface area (Å²) in [5, 5.41) is 0. The summed E-state index contributed by atoms with van der Waals surface area (Å²) >= 11 is 0. The van der Waals surface area contributed by atoms with Gasteiger partial charge in [-0.2, -0.15) is 0 Å². The molecular weight excluding hydrogens is 448 g/mol. The number of benzene rings is 2. The van der Waals surface area contributed by atoms with Crippen molar-refractivity contribution in [2.24, 2.45) is 17.8 Å². The summed E-state index contributed by atoms with van der Waals surface area (Å²) in [5.41, 5.74) is 2.72. The number of carbonyl (C=O) groups excluding carboxylic acids is 1. The summed E-state index contributed by atoms with van der Waals surface area (Å²) in [4.78, 5) is 14.0. The molecule has 2 aromatic carbocycles. The number of hydrogen-bond donors (Lipinski definition) is 1. The van der Waals surface area contributed by atoms with E-state index in [9.17, 15) is 13.2 Å². The lowest BCUT2D eigenvalue weighted by molar-refractivity contribution is -0.117. The highest BCUT2D eigenvalue weighted by Crippen LogP contribution is 2.60. The summed E-state index contributed by atoms with van der Waals surface area (Å²) in [6.07, 6.45) is 9.30. The molecule has 1 heterocycles. The number of rotatable bonds is 6. The van der Waals surface area contributed by atoms with Crippen molar-refractivity contribution in [2.75, 3.05) is 23.3 Å². The normalized spacial score (nSPS) is 30.1. The second-order valence-corrected chi connectivity index (χ2v) is 12.5. The minimum atomic E-state index is -3.81. The highest BCUT2D eigenvalue weighted by Gasteiger charge is 2.51. The summed E-state index contributed by atoms with van der Waals surface area (Å²) in [6.45, 7) is 0.567. The van der Waals surface area contributed by atoms with Crippen molar-refractivity contribution in [1.29, 1.82) is 0 Å². The molecule has 4 bridgehead atoms. The standard InChI is InChI=1S/C27H32N2O4S/c1-33-25-9-8-23(14-24(25)29-10-2-3-26(29)30)34(31,32)28-22-6-4-21(5-7-22)27-15-18-11-19(16-27)13-20(12-18)17-27/h4-9,14,18-20,28H,2-3,10-13,15-17H2,1H3. The topological polar surface area (TPSA) is 75.7 Å². The van der Waals surface area contributed by atoms with Crippen LogP contribution in [0.4, 0.5) is 11.4 Å². The Hall–Kier alpha value is -2.54. The van der Waals surface area contributed by atoms with Crippen molar-refractivity contribution >= 4 is 27.3 Å². The van der Waals surface area contributed by atoms with Crippen LogP contribution in [0.3, 0.4) is 0 Å². The maximum absolute atomic E-state index is 13.2. The van der Waals surface area contributed by atoms with Gasteiger partial charge in [-0.05, 0) is 104 Å². The largest absolute Gasteiger partial charge is 0.495 e. The third-order valence-electron chi connectivity index (χ3n) is 8.61. The van der Waals surface area contributed by atoms with Gasteiger partial charge < -0.3 is 9.64 Å². The van der Waals surface area contributed by atoms with Crippen LogP contribution in [0, 0.1) is 17.8 Å². The molecule has 180 valence electrons. The number of nitrogens with zero attached hydrogens (tertiary/aromatic N) is 1. The molecule has 0 atom stereocenters. The quantitative estimate of drug-likeness (QED) is 0.625. The number of nitrogens with one attached hydrogen (secondary N) is 1. The lowest BCUT2D eigenvalue weighted by Gasteiger charge is -2.57. The van der Waals surface area contributed by atoms with E-state index in [-0.39, 0.29) is 10.8 Å². The molecule has 5 aliphatic rings. The Kier molecular flexibility index (Phi) is 5.17. The van der Waals surface area contributed by atoms with Gasteiger partial charge in [0.25, 0.3) is 10.0 Å². The van der Waals surface area contributed by atoms with E-state index in [0.29, 0.717) is 35.5 Å². The van der Waals surface area contributed by atoms with E-state index in [1.54, 1.807) is 11.0 Å². The summed E-state index contributed by atoms with van der Waals surface area (Å²) in [5.74, 6) is 3.10. The van der Waals surface area contributed by atoms with E-state index in [4.69, 9.17) is 4.74 Å². The molecule has 4 aliphatic carbocycles. The second kappa shape index (κ2) is 8.01. The molecule has 0 aromatic heterocycles. The summed E-state index contributed by atoms with van der Waals surface area (Å²) < 4.78 is 34.5. The molecule has 6 nitrogen and oxygen atoms in total. The number of ether oxygens (including phenoxy) is 1. The smallest absolute Gasteiger partial charge is 0.261 e. The molecule has 1 N–H and O–H groups in total. The minimum absolute atomic E-state index is 0.0129. The van der Waals surface area contributed by atoms with Crippen LogP contribution in [-0.4, -0.2) is 28.0 Å². The summed E-state index contributed by atoms with van der Waals surface area (Å²) in [7, 11) is -2.28. The molecule has 1 amide bonds. The number of hydrogen-bond acceptors (Lipinski definition) is 4. The third kappa shape index (κ3) is 3.69. The Balaban J connectivity index is 1.24. The van der Waals surface area contributed by atoms with Crippen LogP contribution in [0.5, 0.6) is 5.75 Å². The van der Waals surface area contributed by atoms with Crippen LogP contribution in [0.15, 0.2) is 47.4 Å². The first-order chi connectivity index (χ1) is 16.3. The molecule has 7 rings (SSSR count). The number of amides is 1. The maximum Gasteiger partial charge on any atom is 0.261 e. The third-order valence-corrected chi connectivity index (χ3v) is 9.99. The van der Waals surface area contributed by atoms with E-state index < -0.39 is 10.0 Å². The zero-order chi connectivity index (χ0) is 23.5. The number of sulfonamides is 1. The first-order valence-electron chi connectivity index (χ1n) is 12.5. The van der Waals surface area contributed by atoms with Gasteiger partial charge in [0, 0.05) is 18.7 Å². The summed E-state index contributed by atoms with van der Waals surface area (Å²) in [6, 6.07) is 12.7. The van der Waals surface area contributed by atoms with E-state index in [0.717, 1.165) is 24.2 Å². The molecule has 2 aromatic rings. The number of methoxy groups -OCH3 is 1. The van der Waals surface area contributed by atoms with Crippen LogP contribution in [0.25, 0.3) is 0 Å². The molecule has 0 radical (unpaired) electrons. The molecule has 1 saturated heterocycles. The number of anilines is 2. The van der Waals surface area contributed by atoms with Gasteiger partial charge in [-0.3, -0.25) is 9.52 Å². The van der Waals surface area contributed by atoms with Gasteiger partial charge in [-0.15, -0.1) is 0 Å². The molecule has 4 saturated carbocycles. The average Bonchev–Trinajstić information content (AvgIpc) is 3.23. The Labute approximate surface area is 201 Å². The predicted molar refractivity (Wildman–Crippen MR) is 132 cm³/mol.